The van der Waals surface area contributed by atoms with Crippen LogP contribution in [-0.4, -0.2) is 39.4 Å². The summed E-state index contributed by atoms with van der Waals surface area (Å²) in [5.74, 6) is 1.77. The van der Waals surface area contributed by atoms with Crippen molar-refractivity contribution in [1.29, 1.82) is 0 Å². The van der Waals surface area contributed by atoms with Gasteiger partial charge in [0.25, 0.3) is 0 Å². The minimum atomic E-state index is 0.113. The molecule has 6 nitrogen and oxygen atoms in total. The zero-order valence-corrected chi connectivity index (χ0v) is 15.6. The molecule has 1 aliphatic heterocycles. The van der Waals surface area contributed by atoms with E-state index in [1.54, 1.807) is 18.4 Å². The van der Waals surface area contributed by atoms with Crippen molar-refractivity contribution >= 4 is 17.2 Å². The van der Waals surface area contributed by atoms with Crippen LogP contribution in [0.4, 0.5) is 0 Å². The molecule has 4 rings (SSSR count). The Kier molecular flexibility index (Phi) is 4.46. The number of aromatic amines is 1. The normalized spacial score (nSPS) is 13.5. The van der Waals surface area contributed by atoms with Crippen LogP contribution in [0, 0.1) is 6.92 Å². The minimum Gasteiger partial charge on any atom is -0.497 e. The zero-order valence-electron chi connectivity index (χ0n) is 14.8. The van der Waals surface area contributed by atoms with E-state index in [4.69, 9.17) is 9.72 Å². The number of carbonyl (C=O) groups excluding carboxylic acids is 1. The number of ether oxygens (including phenoxy) is 1. The topological polar surface area (TPSA) is 71.1 Å². The van der Waals surface area contributed by atoms with Gasteiger partial charge >= 0.3 is 0 Å². The number of thiazole rings is 1. The fourth-order valence-corrected chi connectivity index (χ4v) is 3.76. The van der Waals surface area contributed by atoms with Crippen molar-refractivity contribution in [2.75, 3.05) is 13.7 Å². The van der Waals surface area contributed by atoms with E-state index in [2.05, 4.69) is 9.97 Å². The lowest BCUT2D eigenvalue weighted by Gasteiger charge is -2.26. The van der Waals surface area contributed by atoms with Crippen LogP contribution < -0.4 is 4.74 Å². The summed E-state index contributed by atoms with van der Waals surface area (Å²) in [6.45, 7) is 3.22. The first-order valence-electron chi connectivity index (χ1n) is 8.53. The number of hydrogen-bond acceptors (Lipinski definition) is 5. The van der Waals surface area contributed by atoms with Crippen LogP contribution in [0.15, 0.2) is 29.6 Å². The Morgan fingerprint density at radius 2 is 2.12 bits per heavy atom. The van der Waals surface area contributed by atoms with Gasteiger partial charge in [-0.3, -0.25) is 4.79 Å². The third kappa shape index (κ3) is 3.35. The van der Waals surface area contributed by atoms with E-state index >= 15 is 0 Å². The first-order valence-corrected chi connectivity index (χ1v) is 9.41. The molecule has 26 heavy (non-hydrogen) atoms. The Labute approximate surface area is 155 Å². The zero-order chi connectivity index (χ0) is 18.1. The number of nitrogens with zero attached hydrogens (tertiary/aromatic N) is 3. The first kappa shape index (κ1) is 16.8. The van der Waals surface area contributed by atoms with Gasteiger partial charge in [0.1, 0.15) is 11.6 Å². The number of H-pyrrole nitrogens is 1. The monoisotopic (exact) mass is 368 g/mol. The number of nitrogens with one attached hydrogen (secondary N) is 1. The molecule has 0 bridgehead atoms. The molecule has 0 aliphatic carbocycles. The van der Waals surface area contributed by atoms with E-state index < -0.39 is 0 Å². The highest BCUT2D eigenvalue weighted by atomic mass is 32.1. The van der Waals surface area contributed by atoms with Gasteiger partial charge in [-0.05, 0) is 31.2 Å². The third-order valence-electron chi connectivity index (χ3n) is 4.55. The van der Waals surface area contributed by atoms with Crippen LogP contribution in [0.1, 0.15) is 22.1 Å². The molecule has 1 aromatic carbocycles. The van der Waals surface area contributed by atoms with Crippen LogP contribution in [0.25, 0.3) is 11.4 Å². The predicted octanol–water partition coefficient (Wildman–Crippen LogP) is 2.98. The summed E-state index contributed by atoms with van der Waals surface area (Å²) in [5.41, 5.74) is 3.93. The molecule has 0 spiro atoms. The first-order chi connectivity index (χ1) is 12.6. The van der Waals surface area contributed by atoms with E-state index in [9.17, 15) is 4.79 Å². The van der Waals surface area contributed by atoms with E-state index in [1.807, 2.05) is 41.5 Å². The Morgan fingerprint density at radius 1 is 1.31 bits per heavy atom. The van der Waals surface area contributed by atoms with Crippen molar-refractivity contribution in [3.63, 3.8) is 0 Å². The predicted molar refractivity (Wildman–Crippen MR) is 100 cm³/mol. The fraction of sp³-hybridized carbons (Fsp3) is 0.316. The van der Waals surface area contributed by atoms with Crippen molar-refractivity contribution in [2.45, 2.75) is 26.3 Å². The molecule has 3 heterocycles. The van der Waals surface area contributed by atoms with Crippen molar-refractivity contribution in [3.05, 3.63) is 51.7 Å². The van der Waals surface area contributed by atoms with Gasteiger partial charge in [-0.25, -0.2) is 9.97 Å². The molecule has 2 aromatic heterocycles. The van der Waals surface area contributed by atoms with Crippen LogP contribution in [-0.2, 0) is 24.2 Å². The number of hydrogen-bond donors (Lipinski definition) is 1. The summed E-state index contributed by atoms with van der Waals surface area (Å²) >= 11 is 1.58. The third-order valence-corrected chi connectivity index (χ3v) is 5.37. The maximum Gasteiger partial charge on any atom is 0.228 e. The molecule has 3 aromatic rings. The molecular weight excluding hydrogens is 348 g/mol. The molecule has 0 saturated heterocycles. The summed E-state index contributed by atoms with van der Waals surface area (Å²) in [5, 5.41) is 2.95. The number of fused-ring (bicyclic) bond motifs is 1. The largest absolute Gasteiger partial charge is 0.497 e. The van der Waals surface area contributed by atoms with Gasteiger partial charge in [-0.15, -0.1) is 11.3 Å². The van der Waals surface area contributed by atoms with E-state index in [0.717, 1.165) is 45.6 Å². The average molecular weight is 368 g/mol. The Balaban J connectivity index is 1.48. The van der Waals surface area contributed by atoms with Gasteiger partial charge in [0.2, 0.25) is 5.91 Å². The lowest BCUT2D eigenvalue weighted by Crippen LogP contribution is -2.37. The quantitative estimate of drug-likeness (QED) is 0.768. The fourth-order valence-electron chi connectivity index (χ4n) is 3.15. The van der Waals surface area contributed by atoms with Crippen LogP contribution >= 0.6 is 11.3 Å². The number of imidazole rings is 1. The van der Waals surface area contributed by atoms with Gasteiger partial charge in [-0.2, -0.15) is 0 Å². The number of carbonyl (C=O) groups is 1. The summed E-state index contributed by atoms with van der Waals surface area (Å²) in [4.78, 5) is 26.9. The van der Waals surface area contributed by atoms with Crippen LogP contribution in [0.5, 0.6) is 5.75 Å². The van der Waals surface area contributed by atoms with E-state index in [-0.39, 0.29) is 5.91 Å². The highest BCUT2D eigenvalue weighted by molar-refractivity contribution is 7.09. The molecule has 7 heteroatoms. The highest BCUT2D eigenvalue weighted by Gasteiger charge is 2.24. The summed E-state index contributed by atoms with van der Waals surface area (Å²) in [6.07, 6.45) is 1.13. The second kappa shape index (κ2) is 6.92. The van der Waals surface area contributed by atoms with Gasteiger partial charge in [0, 0.05) is 23.9 Å². The van der Waals surface area contributed by atoms with Gasteiger partial charge < -0.3 is 14.6 Å². The molecule has 1 aliphatic rings. The number of benzene rings is 1. The maximum absolute atomic E-state index is 12.6. The summed E-state index contributed by atoms with van der Waals surface area (Å²) in [7, 11) is 1.65. The lowest BCUT2D eigenvalue weighted by atomic mass is 10.1. The lowest BCUT2D eigenvalue weighted by molar-refractivity contribution is -0.131. The molecule has 0 atom stereocenters. The van der Waals surface area contributed by atoms with E-state index in [1.165, 1.54) is 0 Å². The van der Waals surface area contributed by atoms with Gasteiger partial charge in [0.05, 0.1) is 42.2 Å². The molecule has 0 saturated carbocycles. The van der Waals surface area contributed by atoms with Gasteiger partial charge in [-0.1, -0.05) is 0 Å². The summed E-state index contributed by atoms with van der Waals surface area (Å²) in [6, 6.07) is 7.80. The Morgan fingerprint density at radius 3 is 2.81 bits per heavy atom. The molecule has 0 unspecified atom stereocenters. The standard InChI is InChI=1S/C19H20N4O2S/c1-12-20-14(11-26-12)9-18(24)23-8-7-16-17(10-23)22-19(21-16)13-3-5-15(25-2)6-4-13/h3-6,11H,7-10H2,1-2H3,(H,21,22). The number of methoxy groups -OCH3 is 1. The second-order valence-electron chi connectivity index (χ2n) is 6.34. The second-order valence-corrected chi connectivity index (χ2v) is 7.40. The molecule has 1 N–H and O–H groups in total. The maximum atomic E-state index is 12.6. The van der Waals surface area contributed by atoms with Crippen molar-refractivity contribution in [2.24, 2.45) is 0 Å². The molecule has 0 radical (unpaired) electrons. The summed E-state index contributed by atoms with van der Waals surface area (Å²) < 4.78 is 5.20. The Bertz CT molecular complexity index is 929. The minimum absolute atomic E-state index is 0.113. The number of aromatic nitrogens is 3. The van der Waals surface area contributed by atoms with E-state index in [0.29, 0.717) is 19.5 Å². The van der Waals surface area contributed by atoms with Crippen LogP contribution in [0.2, 0.25) is 0 Å². The van der Waals surface area contributed by atoms with Crippen molar-refractivity contribution in [1.82, 2.24) is 19.9 Å². The number of rotatable bonds is 4. The molecule has 134 valence electrons. The number of aryl methyl sites for hydroxylation is 1. The average Bonchev–Trinajstić information content (AvgIpc) is 3.27. The molecule has 1 amide bonds. The highest BCUT2D eigenvalue weighted by Crippen LogP contribution is 2.25. The molecule has 0 fully saturated rings. The van der Waals surface area contributed by atoms with Crippen molar-refractivity contribution < 1.29 is 9.53 Å². The van der Waals surface area contributed by atoms with Crippen molar-refractivity contribution in [3.8, 4) is 17.1 Å². The Hall–Kier alpha value is -2.67. The van der Waals surface area contributed by atoms with Crippen LogP contribution in [0.3, 0.4) is 0 Å². The number of amides is 1. The smallest absolute Gasteiger partial charge is 0.228 e. The SMILES string of the molecule is COc1ccc(-c2nc3c([nH]2)CN(C(=O)Cc2csc(C)n2)CC3)cc1. The van der Waals surface area contributed by atoms with Gasteiger partial charge in [0.15, 0.2) is 0 Å². The molecular formula is C19H20N4O2S.